The summed E-state index contributed by atoms with van der Waals surface area (Å²) in [5.74, 6) is 0.106. The molecule has 2 N–H and O–H groups in total. The first-order valence-corrected chi connectivity index (χ1v) is 7.00. The second kappa shape index (κ2) is 6.75. The normalized spacial score (nSPS) is 13.1. The van der Waals surface area contributed by atoms with Crippen molar-refractivity contribution in [3.8, 4) is 0 Å². The average Bonchev–Trinajstić information content (AvgIpc) is 2.40. The van der Waals surface area contributed by atoms with Gasteiger partial charge in [0.25, 0.3) is 0 Å². The first kappa shape index (κ1) is 16.5. The number of nitrogen functional groups attached to an aromatic ring is 1. The molecular formula is C16H26N2O2. The summed E-state index contributed by atoms with van der Waals surface area (Å²) in [4.78, 5) is 14.7. The number of rotatable bonds is 6. The van der Waals surface area contributed by atoms with E-state index < -0.39 is 5.41 Å². The van der Waals surface area contributed by atoms with Crippen molar-refractivity contribution in [2.75, 3.05) is 26.0 Å². The molecule has 0 saturated heterocycles. The highest BCUT2D eigenvalue weighted by Crippen LogP contribution is 2.27. The zero-order chi connectivity index (χ0) is 15.3. The molecule has 4 heteroatoms. The zero-order valence-electron chi connectivity index (χ0n) is 13.1. The van der Waals surface area contributed by atoms with Gasteiger partial charge in [-0.1, -0.05) is 12.1 Å². The fourth-order valence-electron chi connectivity index (χ4n) is 2.37. The Hall–Kier alpha value is -1.55. The Morgan fingerprint density at radius 2 is 1.90 bits per heavy atom. The van der Waals surface area contributed by atoms with Gasteiger partial charge in [-0.3, -0.25) is 4.79 Å². The molecule has 1 aromatic rings. The molecule has 0 radical (unpaired) electrons. The number of methoxy groups -OCH3 is 1. The lowest BCUT2D eigenvalue weighted by Crippen LogP contribution is -2.48. The number of nitrogens with zero attached hydrogens (tertiary/aromatic N) is 1. The fourth-order valence-corrected chi connectivity index (χ4v) is 2.37. The number of hydrogen-bond donors (Lipinski definition) is 1. The lowest BCUT2D eigenvalue weighted by Gasteiger charge is -2.35. The molecule has 20 heavy (non-hydrogen) atoms. The molecule has 1 unspecified atom stereocenters. The maximum atomic E-state index is 12.8. The van der Waals surface area contributed by atoms with E-state index in [1.165, 1.54) is 0 Å². The van der Waals surface area contributed by atoms with Gasteiger partial charge in [0.1, 0.15) is 0 Å². The van der Waals surface area contributed by atoms with Crippen LogP contribution in [-0.4, -0.2) is 37.1 Å². The molecule has 0 saturated carbocycles. The van der Waals surface area contributed by atoms with Gasteiger partial charge in [0.15, 0.2) is 0 Å². The Kier molecular flexibility index (Phi) is 5.57. The van der Waals surface area contributed by atoms with Crippen LogP contribution in [-0.2, 0) is 14.9 Å². The first-order valence-electron chi connectivity index (χ1n) is 7.00. The van der Waals surface area contributed by atoms with Gasteiger partial charge in [0.05, 0.1) is 18.1 Å². The molecule has 0 bridgehead atoms. The molecule has 0 fully saturated rings. The maximum Gasteiger partial charge on any atom is 0.232 e. The van der Waals surface area contributed by atoms with Crippen LogP contribution in [0.15, 0.2) is 24.3 Å². The number of nitrogens with two attached hydrogens (primary N) is 1. The largest absolute Gasteiger partial charge is 0.399 e. The van der Waals surface area contributed by atoms with Gasteiger partial charge in [0.2, 0.25) is 5.91 Å². The molecule has 0 aliphatic carbocycles. The van der Waals surface area contributed by atoms with Gasteiger partial charge < -0.3 is 15.4 Å². The molecule has 112 valence electrons. The standard InChI is InChI=1S/C16H26N2O2/c1-6-18(12(2)11-20-5)15(19)16(3,4)13-7-9-14(17)10-8-13/h7-10,12H,6,11,17H2,1-5H3. The number of ether oxygens (including phenoxy) is 1. The fraction of sp³-hybridized carbons (Fsp3) is 0.562. The molecular weight excluding hydrogens is 252 g/mol. The van der Waals surface area contributed by atoms with Crippen LogP contribution in [0.2, 0.25) is 0 Å². The van der Waals surface area contributed by atoms with Gasteiger partial charge in [-0.25, -0.2) is 0 Å². The third-order valence-electron chi connectivity index (χ3n) is 3.71. The summed E-state index contributed by atoms with van der Waals surface area (Å²) in [7, 11) is 1.65. The molecule has 1 amide bonds. The van der Waals surface area contributed by atoms with Crippen LogP contribution in [0.4, 0.5) is 5.69 Å². The summed E-state index contributed by atoms with van der Waals surface area (Å²) >= 11 is 0. The molecule has 0 aliphatic rings. The molecule has 0 heterocycles. The molecule has 1 atom stereocenters. The number of benzene rings is 1. The number of likely N-dealkylation sites (N-methyl/N-ethyl adjacent to an activating group) is 1. The lowest BCUT2D eigenvalue weighted by molar-refractivity contribution is -0.139. The summed E-state index contributed by atoms with van der Waals surface area (Å²) in [5, 5.41) is 0. The summed E-state index contributed by atoms with van der Waals surface area (Å²) in [5.41, 5.74) is 6.81. The molecule has 1 aromatic carbocycles. The molecule has 0 aliphatic heterocycles. The van der Waals surface area contributed by atoms with E-state index in [9.17, 15) is 4.79 Å². The number of amides is 1. The Bertz CT molecular complexity index is 440. The van der Waals surface area contributed by atoms with Crippen LogP contribution in [0.25, 0.3) is 0 Å². The highest BCUT2D eigenvalue weighted by molar-refractivity contribution is 5.87. The van der Waals surface area contributed by atoms with Crippen molar-refractivity contribution in [1.29, 1.82) is 0 Å². The van der Waals surface area contributed by atoms with Crippen molar-refractivity contribution >= 4 is 11.6 Å². The van der Waals surface area contributed by atoms with Crippen LogP contribution >= 0.6 is 0 Å². The number of anilines is 1. The van der Waals surface area contributed by atoms with Gasteiger partial charge in [-0.05, 0) is 45.4 Å². The van der Waals surface area contributed by atoms with Gasteiger partial charge in [-0.2, -0.15) is 0 Å². The van der Waals surface area contributed by atoms with Crippen LogP contribution in [0, 0.1) is 0 Å². The Labute approximate surface area is 121 Å². The van der Waals surface area contributed by atoms with Gasteiger partial charge >= 0.3 is 0 Å². The third-order valence-corrected chi connectivity index (χ3v) is 3.71. The van der Waals surface area contributed by atoms with E-state index >= 15 is 0 Å². The van der Waals surface area contributed by atoms with Crippen molar-refractivity contribution < 1.29 is 9.53 Å². The van der Waals surface area contributed by atoms with E-state index in [1.807, 2.05) is 56.9 Å². The summed E-state index contributed by atoms with van der Waals surface area (Å²) in [6, 6.07) is 7.56. The summed E-state index contributed by atoms with van der Waals surface area (Å²) < 4.78 is 5.16. The predicted octanol–water partition coefficient (Wildman–Crippen LogP) is 2.43. The SMILES string of the molecule is CCN(C(=O)C(C)(C)c1ccc(N)cc1)C(C)COC. The minimum absolute atomic E-state index is 0.0607. The lowest BCUT2D eigenvalue weighted by atomic mass is 9.82. The Balaban J connectivity index is 3.00. The van der Waals surface area contributed by atoms with E-state index in [0.29, 0.717) is 18.8 Å². The van der Waals surface area contributed by atoms with Crippen molar-refractivity contribution in [3.05, 3.63) is 29.8 Å². The number of carbonyl (C=O) groups is 1. The molecule has 4 nitrogen and oxygen atoms in total. The average molecular weight is 278 g/mol. The molecule has 0 aromatic heterocycles. The van der Waals surface area contributed by atoms with E-state index in [4.69, 9.17) is 10.5 Å². The highest BCUT2D eigenvalue weighted by atomic mass is 16.5. The van der Waals surface area contributed by atoms with Crippen LogP contribution in [0.3, 0.4) is 0 Å². The second-order valence-corrected chi connectivity index (χ2v) is 5.64. The van der Waals surface area contributed by atoms with Crippen LogP contribution in [0.1, 0.15) is 33.3 Å². The Morgan fingerprint density at radius 1 is 1.35 bits per heavy atom. The quantitative estimate of drug-likeness (QED) is 0.813. The van der Waals surface area contributed by atoms with Crippen molar-refractivity contribution in [3.63, 3.8) is 0 Å². The molecule has 0 spiro atoms. The van der Waals surface area contributed by atoms with E-state index in [0.717, 1.165) is 5.56 Å². The number of hydrogen-bond acceptors (Lipinski definition) is 3. The Morgan fingerprint density at radius 3 is 2.35 bits per heavy atom. The minimum Gasteiger partial charge on any atom is -0.399 e. The summed E-state index contributed by atoms with van der Waals surface area (Å²) in [6.07, 6.45) is 0. The van der Waals surface area contributed by atoms with E-state index in [1.54, 1.807) is 7.11 Å². The molecule has 1 rings (SSSR count). The van der Waals surface area contributed by atoms with Crippen molar-refractivity contribution in [2.24, 2.45) is 0 Å². The van der Waals surface area contributed by atoms with E-state index in [2.05, 4.69) is 0 Å². The van der Waals surface area contributed by atoms with Gasteiger partial charge in [0, 0.05) is 19.3 Å². The predicted molar refractivity (Wildman–Crippen MR) is 82.6 cm³/mol. The monoisotopic (exact) mass is 278 g/mol. The van der Waals surface area contributed by atoms with Crippen molar-refractivity contribution in [2.45, 2.75) is 39.2 Å². The van der Waals surface area contributed by atoms with Crippen molar-refractivity contribution in [1.82, 2.24) is 4.90 Å². The third kappa shape index (κ3) is 3.51. The first-order chi connectivity index (χ1) is 9.34. The highest BCUT2D eigenvalue weighted by Gasteiger charge is 2.34. The van der Waals surface area contributed by atoms with Gasteiger partial charge in [-0.15, -0.1) is 0 Å². The summed E-state index contributed by atoms with van der Waals surface area (Å²) in [6.45, 7) is 9.10. The van der Waals surface area contributed by atoms with E-state index in [-0.39, 0.29) is 11.9 Å². The number of carbonyl (C=O) groups excluding carboxylic acids is 1. The second-order valence-electron chi connectivity index (χ2n) is 5.64. The topological polar surface area (TPSA) is 55.6 Å². The van der Waals surface area contributed by atoms with Crippen LogP contribution in [0.5, 0.6) is 0 Å². The minimum atomic E-state index is -0.578. The van der Waals surface area contributed by atoms with Crippen LogP contribution < -0.4 is 5.73 Å². The smallest absolute Gasteiger partial charge is 0.232 e. The maximum absolute atomic E-state index is 12.8. The zero-order valence-corrected chi connectivity index (χ0v) is 13.1.